The van der Waals surface area contributed by atoms with Gasteiger partial charge in [0.2, 0.25) is 0 Å². The van der Waals surface area contributed by atoms with E-state index in [9.17, 15) is 10.1 Å². The van der Waals surface area contributed by atoms with Crippen molar-refractivity contribution in [1.29, 1.82) is 5.26 Å². The second-order valence-corrected chi connectivity index (χ2v) is 8.73. The predicted molar refractivity (Wildman–Crippen MR) is 117 cm³/mol. The van der Waals surface area contributed by atoms with Gasteiger partial charge >= 0.3 is 0 Å². The molecule has 0 spiro atoms. The standard InChI is InChI=1S/C24H31N5O/c1-18(2)22(17-25)27-13-15-28(16-14-27)24(30)23-20-11-7-4-8-12-21(20)29(26-23)19-9-5-3-6-10-19/h3,5-6,9-10,18,22H,4,7-8,11-16H2,1-2H3. The molecular formula is C24H31N5O. The fraction of sp³-hybridized carbons (Fsp3) is 0.542. The molecule has 1 aliphatic heterocycles. The van der Waals surface area contributed by atoms with Gasteiger partial charge in [0, 0.05) is 37.4 Å². The summed E-state index contributed by atoms with van der Waals surface area (Å²) in [6.07, 6.45) is 5.34. The van der Waals surface area contributed by atoms with Crippen molar-refractivity contribution in [3.8, 4) is 11.8 Å². The number of carbonyl (C=O) groups excluding carboxylic acids is 1. The second kappa shape index (κ2) is 9.01. The Bertz CT molecular complexity index is 919. The van der Waals surface area contributed by atoms with Crippen molar-refractivity contribution in [3.05, 3.63) is 47.3 Å². The Balaban J connectivity index is 1.58. The maximum Gasteiger partial charge on any atom is 0.274 e. The SMILES string of the molecule is CC(C)C(C#N)N1CCN(C(=O)c2nn(-c3ccccc3)c3c2CCCCC3)CC1. The van der Waals surface area contributed by atoms with Crippen molar-refractivity contribution >= 4 is 5.91 Å². The monoisotopic (exact) mass is 405 g/mol. The van der Waals surface area contributed by atoms with Crippen molar-refractivity contribution in [3.63, 3.8) is 0 Å². The lowest BCUT2D eigenvalue weighted by molar-refractivity contribution is 0.0570. The van der Waals surface area contributed by atoms with Gasteiger partial charge in [-0.15, -0.1) is 0 Å². The van der Waals surface area contributed by atoms with Gasteiger partial charge in [-0.1, -0.05) is 38.5 Å². The van der Waals surface area contributed by atoms with Crippen LogP contribution in [0.1, 0.15) is 54.9 Å². The van der Waals surface area contributed by atoms with Crippen LogP contribution in [0.4, 0.5) is 0 Å². The molecule has 158 valence electrons. The van der Waals surface area contributed by atoms with Crippen LogP contribution in [0, 0.1) is 17.2 Å². The van der Waals surface area contributed by atoms with Crippen molar-refractivity contribution in [2.45, 2.75) is 52.0 Å². The summed E-state index contributed by atoms with van der Waals surface area (Å²) in [5.74, 6) is 0.329. The molecule has 0 N–H and O–H groups in total. The number of amides is 1. The minimum atomic E-state index is -0.0872. The average Bonchev–Trinajstić information content (AvgIpc) is 2.95. The molecule has 2 aliphatic rings. The van der Waals surface area contributed by atoms with Gasteiger partial charge < -0.3 is 4.90 Å². The molecule has 4 rings (SSSR count). The highest BCUT2D eigenvalue weighted by Crippen LogP contribution is 2.27. The number of piperazine rings is 1. The van der Waals surface area contributed by atoms with E-state index in [1.165, 1.54) is 12.1 Å². The van der Waals surface area contributed by atoms with E-state index in [-0.39, 0.29) is 17.9 Å². The van der Waals surface area contributed by atoms with E-state index in [0.717, 1.165) is 50.0 Å². The fourth-order valence-corrected chi connectivity index (χ4v) is 4.74. The van der Waals surface area contributed by atoms with Gasteiger partial charge in [0.1, 0.15) is 6.04 Å². The zero-order chi connectivity index (χ0) is 21.1. The van der Waals surface area contributed by atoms with Crippen LogP contribution >= 0.6 is 0 Å². The highest BCUT2D eigenvalue weighted by Gasteiger charge is 2.32. The van der Waals surface area contributed by atoms with Crippen molar-refractivity contribution in [1.82, 2.24) is 19.6 Å². The summed E-state index contributed by atoms with van der Waals surface area (Å²) in [7, 11) is 0. The van der Waals surface area contributed by atoms with Crippen LogP contribution in [-0.4, -0.2) is 57.7 Å². The molecule has 1 amide bonds. The largest absolute Gasteiger partial charge is 0.335 e. The second-order valence-electron chi connectivity index (χ2n) is 8.73. The molecule has 1 atom stereocenters. The Morgan fingerprint density at radius 2 is 1.73 bits per heavy atom. The molecule has 1 aromatic carbocycles. The first kappa shape index (κ1) is 20.6. The summed E-state index contributed by atoms with van der Waals surface area (Å²) in [4.78, 5) is 17.6. The van der Waals surface area contributed by atoms with Crippen LogP contribution in [0.2, 0.25) is 0 Å². The normalized spacial score (nSPS) is 18.5. The van der Waals surface area contributed by atoms with Crippen molar-refractivity contribution in [2.75, 3.05) is 26.2 Å². The number of rotatable bonds is 4. The zero-order valence-corrected chi connectivity index (χ0v) is 18.0. The van der Waals surface area contributed by atoms with Crippen molar-refractivity contribution < 1.29 is 4.79 Å². The molecule has 6 nitrogen and oxygen atoms in total. The number of hydrogen-bond donors (Lipinski definition) is 0. The molecule has 0 radical (unpaired) electrons. The highest BCUT2D eigenvalue weighted by molar-refractivity contribution is 5.94. The number of hydrogen-bond acceptors (Lipinski definition) is 4. The van der Waals surface area contributed by atoms with Gasteiger partial charge in [-0.2, -0.15) is 10.4 Å². The highest BCUT2D eigenvalue weighted by atomic mass is 16.2. The fourth-order valence-electron chi connectivity index (χ4n) is 4.74. The lowest BCUT2D eigenvalue weighted by Gasteiger charge is -2.38. The van der Waals surface area contributed by atoms with Crippen molar-refractivity contribution in [2.24, 2.45) is 5.92 Å². The number of para-hydroxylation sites is 1. The number of benzene rings is 1. The minimum Gasteiger partial charge on any atom is -0.335 e. The Hall–Kier alpha value is -2.65. The maximum atomic E-state index is 13.5. The molecule has 1 saturated heterocycles. The Kier molecular flexibility index (Phi) is 6.19. The van der Waals surface area contributed by atoms with Gasteiger partial charge in [-0.3, -0.25) is 9.69 Å². The summed E-state index contributed by atoms with van der Waals surface area (Å²) in [6.45, 7) is 6.94. The van der Waals surface area contributed by atoms with Crippen LogP contribution in [0.5, 0.6) is 0 Å². The molecule has 6 heteroatoms. The molecular weight excluding hydrogens is 374 g/mol. The summed E-state index contributed by atoms with van der Waals surface area (Å²) in [5, 5.41) is 14.3. The molecule has 1 fully saturated rings. The molecule has 0 saturated carbocycles. The summed E-state index contributed by atoms with van der Waals surface area (Å²) in [6, 6.07) is 12.5. The maximum absolute atomic E-state index is 13.5. The smallest absolute Gasteiger partial charge is 0.274 e. The molecule has 2 aromatic rings. The Morgan fingerprint density at radius 3 is 2.40 bits per heavy atom. The Labute approximate surface area is 179 Å². The van der Waals surface area contributed by atoms with E-state index >= 15 is 0 Å². The number of carbonyl (C=O) groups is 1. The number of nitrogens with zero attached hydrogens (tertiary/aromatic N) is 5. The van der Waals surface area contributed by atoms with Gasteiger partial charge in [0.05, 0.1) is 11.8 Å². The van der Waals surface area contributed by atoms with Crippen LogP contribution in [-0.2, 0) is 12.8 Å². The first-order valence-electron chi connectivity index (χ1n) is 11.2. The molecule has 1 aliphatic carbocycles. The van der Waals surface area contributed by atoms with E-state index in [1.807, 2.05) is 27.8 Å². The quantitative estimate of drug-likeness (QED) is 0.731. The topological polar surface area (TPSA) is 65.2 Å². The van der Waals surface area contributed by atoms with E-state index in [0.29, 0.717) is 18.8 Å². The number of nitriles is 1. The summed E-state index contributed by atoms with van der Waals surface area (Å²) >= 11 is 0. The lowest BCUT2D eigenvalue weighted by Crippen LogP contribution is -2.53. The van der Waals surface area contributed by atoms with Crippen LogP contribution in [0.3, 0.4) is 0 Å². The number of fused-ring (bicyclic) bond motifs is 1. The third-order valence-electron chi connectivity index (χ3n) is 6.39. The first-order valence-corrected chi connectivity index (χ1v) is 11.2. The third-order valence-corrected chi connectivity index (χ3v) is 6.39. The van der Waals surface area contributed by atoms with Gasteiger partial charge in [0.25, 0.3) is 5.91 Å². The van der Waals surface area contributed by atoms with E-state index in [4.69, 9.17) is 5.10 Å². The van der Waals surface area contributed by atoms with E-state index < -0.39 is 0 Å². The summed E-state index contributed by atoms with van der Waals surface area (Å²) < 4.78 is 1.99. The van der Waals surface area contributed by atoms with E-state index in [1.54, 1.807) is 0 Å². The van der Waals surface area contributed by atoms with Crippen LogP contribution in [0.25, 0.3) is 5.69 Å². The molecule has 2 heterocycles. The Morgan fingerprint density at radius 1 is 1.03 bits per heavy atom. The van der Waals surface area contributed by atoms with Gasteiger partial charge in [-0.05, 0) is 43.7 Å². The van der Waals surface area contributed by atoms with Crippen LogP contribution in [0.15, 0.2) is 30.3 Å². The molecule has 1 aromatic heterocycles. The van der Waals surface area contributed by atoms with Gasteiger partial charge in [0.15, 0.2) is 5.69 Å². The zero-order valence-electron chi connectivity index (χ0n) is 18.0. The average molecular weight is 406 g/mol. The van der Waals surface area contributed by atoms with Crippen LogP contribution < -0.4 is 0 Å². The minimum absolute atomic E-state index is 0.0422. The summed E-state index contributed by atoms with van der Waals surface area (Å²) in [5.41, 5.74) is 3.99. The number of aromatic nitrogens is 2. The van der Waals surface area contributed by atoms with E-state index in [2.05, 4.69) is 36.9 Å². The molecule has 1 unspecified atom stereocenters. The molecule has 30 heavy (non-hydrogen) atoms. The predicted octanol–water partition coefficient (Wildman–Crippen LogP) is 3.45. The first-order chi connectivity index (χ1) is 14.6. The third kappa shape index (κ3) is 3.99. The molecule has 0 bridgehead atoms. The lowest BCUT2D eigenvalue weighted by atomic mass is 10.0. The van der Waals surface area contributed by atoms with Gasteiger partial charge in [-0.25, -0.2) is 4.68 Å².